The lowest BCUT2D eigenvalue weighted by Crippen LogP contribution is -2.52. The van der Waals surface area contributed by atoms with Crippen LogP contribution in [0.25, 0.3) is 17.7 Å². The summed E-state index contributed by atoms with van der Waals surface area (Å²) in [6.45, 7) is 9.92. The molecule has 0 radical (unpaired) electrons. The molecule has 1 unspecified atom stereocenters. The molecule has 0 fully saturated rings. The van der Waals surface area contributed by atoms with Gasteiger partial charge in [0, 0.05) is 20.6 Å². The van der Waals surface area contributed by atoms with Crippen LogP contribution in [-0.4, -0.2) is 54.1 Å². The summed E-state index contributed by atoms with van der Waals surface area (Å²) in [5, 5.41) is 0. The van der Waals surface area contributed by atoms with Crippen LogP contribution >= 0.6 is 0 Å². The van der Waals surface area contributed by atoms with Crippen molar-refractivity contribution in [3.05, 3.63) is 76.9 Å². The Bertz CT molecular complexity index is 1070. The molecule has 5 heteroatoms. The zero-order chi connectivity index (χ0) is 25.8. The number of fused-ring (bicyclic) bond motifs is 2. The summed E-state index contributed by atoms with van der Waals surface area (Å²) >= 11 is 0. The molecule has 0 bridgehead atoms. The first-order valence-electron chi connectivity index (χ1n) is 12.3. The molecular weight excluding hydrogens is 436 g/mol. The van der Waals surface area contributed by atoms with Crippen LogP contribution in [0.4, 0.5) is 4.79 Å². The quantitative estimate of drug-likeness (QED) is 0.419. The maximum atomic E-state index is 13.4. The van der Waals surface area contributed by atoms with Crippen molar-refractivity contribution >= 4 is 29.7 Å². The van der Waals surface area contributed by atoms with Crippen molar-refractivity contribution in [2.24, 2.45) is 5.92 Å². The number of benzene rings is 2. The molecule has 35 heavy (non-hydrogen) atoms. The number of ether oxygens (including phenoxy) is 1. The van der Waals surface area contributed by atoms with Crippen molar-refractivity contribution in [3.8, 4) is 0 Å². The van der Waals surface area contributed by atoms with E-state index in [0.29, 0.717) is 13.0 Å². The van der Waals surface area contributed by atoms with E-state index >= 15 is 0 Å². The average Bonchev–Trinajstić information content (AvgIpc) is 2.95. The number of hydrogen-bond donors (Lipinski definition) is 0. The summed E-state index contributed by atoms with van der Waals surface area (Å²) in [4.78, 5) is 29.2. The lowest BCUT2D eigenvalue weighted by molar-refractivity contribution is -0.136. The topological polar surface area (TPSA) is 49.9 Å². The summed E-state index contributed by atoms with van der Waals surface area (Å²) in [6.07, 6.45) is 6.74. The van der Waals surface area contributed by atoms with Crippen LogP contribution in [0, 0.1) is 5.92 Å². The zero-order valence-corrected chi connectivity index (χ0v) is 22.0. The second-order valence-electron chi connectivity index (χ2n) is 10.5. The van der Waals surface area contributed by atoms with Gasteiger partial charge in [-0.3, -0.25) is 9.69 Å². The molecular formula is C30H38N2O3. The number of nitrogens with zero attached hydrogens (tertiary/aromatic N) is 2. The van der Waals surface area contributed by atoms with E-state index in [1.807, 2.05) is 34.6 Å². The molecule has 2 aromatic carbocycles. The van der Waals surface area contributed by atoms with Crippen LogP contribution in [-0.2, 0) is 9.53 Å². The molecule has 5 nitrogen and oxygen atoms in total. The highest BCUT2D eigenvalue weighted by Crippen LogP contribution is 2.34. The molecule has 3 rings (SSSR count). The highest BCUT2D eigenvalue weighted by atomic mass is 16.6. The minimum atomic E-state index is -0.617. The highest BCUT2D eigenvalue weighted by Gasteiger charge is 2.34. The van der Waals surface area contributed by atoms with E-state index in [1.165, 1.54) is 32.7 Å². The summed E-state index contributed by atoms with van der Waals surface area (Å²) in [6, 6.07) is 16.2. The second-order valence-corrected chi connectivity index (χ2v) is 10.5. The lowest BCUT2D eigenvalue weighted by Gasteiger charge is -2.34. The van der Waals surface area contributed by atoms with Crippen molar-refractivity contribution in [3.63, 3.8) is 0 Å². The maximum absolute atomic E-state index is 13.4. The van der Waals surface area contributed by atoms with E-state index in [-0.39, 0.29) is 11.8 Å². The summed E-state index contributed by atoms with van der Waals surface area (Å²) < 4.78 is 5.50. The molecule has 1 aliphatic rings. The summed E-state index contributed by atoms with van der Waals surface area (Å²) in [5.74, 6) is -0.136. The Morgan fingerprint density at radius 1 is 0.914 bits per heavy atom. The first-order chi connectivity index (χ1) is 16.5. The summed E-state index contributed by atoms with van der Waals surface area (Å²) in [5.41, 5.74) is 5.29. The van der Waals surface area contributed by atoms with Crippen LogP contribution in [0.15, 0.2) is 54.6 Å². The Morgan fingerprint density at radius 3 is 1.91 bits per heavy atom. The SMILES string of the molecule is CC(C)C(C(=O)N(C)CCC=C1c2ccccc2C=Cc2ccccc21)N(C)C(=O)OC(C)(C)C. The van der Waals surface area contributed by atoms with Crippen molar-refractivity contribution in [2.45, 2.75) is 52.7 Å². The van der Waals surface area contributed by atoms with Gasteiger partial charge in [-0.05, 0) is 60.9 Å². The predicted octanol–water partition coefficient (Wildman–Crippen LogP) is 6.34. The Kier molecular flexibility index (Phi) is 8.21. The molecule has 0 N–H and O–H groups in total. The fraction of sp³-hybridized carbons (Fsp3) is 0.400. The molecule has 0 heterocycles. The van der Waals surface area contributed by atoms with Crippen LogP contribution in [0.3, 0.4) is 0 Å². The molecule has 1 atom stereocenters. The summed E-state index contributed by atoms with van der Waals surface area (Å²) in [7, 11) is 3.44. The third-order valence-corrected chi connectivity index (χ3v) is 6.12. The molecule has 0 saturated carbocycles. The Morgan fingerprint density at radius 2 is 1.43 bits per heavy atom. The third kappa shape index (κ3) is 6.41. The van der Waals surface area contributed by atoms with Gasteiger partial charge in [0.05, 0.1) is 0 Å². The van der Waals surface area contributed by atoms with Crippen LogP contribution in [0.1, 0.15) is 63.3 Å². The standard InChI is InChI=1S/C30H38N2O3/c1-21(2)27(32(7)29(34)35-30(3,4)5)28(33)31(6)20-12-17-26-24-15-10-8-13-22(24)18-19-23-14-9-11-16-25(23)26/h8-11,13-19,21,27H,12,20H2,1-7H3. The van der Waals surface area contributed by atoms with Crippen molar-refractivity contribution in [1.82, 2.24) is 9.80 Å². The second kappa shape index (κ2) is 10.9. The number of hydrogen-bond acceptors (Lipinski definition) is 3. The van der Waals surface area contributed by atoms with Gasteiger partial charge in [0.1, 0.15) is 11.6 Å². The van der Waals surface area contributed by atoms with Gasteiger partial charge in [-0.1, -0.05) is 80.6 Å². The maximum Gasteiger partial charge on any atom is 0.410 e. The monoisotopic (exact) mass is 474 g/mol. The first kappa shape index (κ1) is 26.3. The lowest BCUT2D eigenvalue weighted by atomic mass is 9.93. The number of rotatable bonds is 6. The first-order valence-corrected chi connectivity index (χ1v) is 12.3. The van der Waals surface area contributed by atoms with E-state index in [0.717, 1.165) is 0 Å². The van der Waals surface area contributed by atoms with Gasteiger partial charge >= 0.3 is 6.09 Å². The van der Waals surface area contributed by atoms with Gasteiger partial charge in [-0.25, -0.2) is 4.79 Å². The van der Waals surface area contributed by atoms with Crippen molar-refractivity contribution < 1.29 is 14.3 Å². The van der Waals surface area contributed by atoms with Crippen LogP contribution in [0.2, 0.25) is 0 Å². The molecule has 0 spiro atoms. The molecule has 0 aromatic heterocycles. The third-order valence-electron chi connectivity index (χ3n) is 6.12. The van der Waals surface area contributed by atoms with E-state index < -0.39 is 17.7 Å². The van der Waals surface area contributed by atoms with Gasteiger partial charge in [-0.15, -0.1) is 0 Å². The van der Waals surface area contributed by atoms with Gasteiger partial charge in [0.2, 0.25) is 5.91 Å². The fourth-order valence-corrected chi connectivity index (χ4v) is 4.40. The Balaban J connectivity index is 1.78. The largest absolute Gasteiger partial charge is 0.444 e. The van der Waals surface area contributed by atoms with E-state index in [4.69, 9.17) is 4.74 Å². The number of likely N-dealkylation sites (N-methyl/N-ethyl adjacent to an activating group) is 2. The highest BCUT2D eigenvalue weighted by molar-refractivity contribution is 5.93. The Labute approximate surface area is 210 Å². The van der Waals surface area contributed by atoms with E-state index in [9.17, 15) is 9.59 Å². The molecule has 2 aromatic rings. The smallest absolute Gasteiger partial charge is 0.410 e. The molecule has 0 aliphatic heterocycles. The fourth-order valence-electron chi connectivity index (χ4n) is 4.40. The normalized spacial score (nSPS) is 13.4. The predicted molar refractivity (Wildman–Crippen MR) is 144 cm³/mol. The van der Waals surface area contributed by atoms with Gasteiger partial charge < -0.3 is 9.64 Å². The number of amides is 2. The molecule has 2 amide bonds. The van der Waals surface area contributed by atoms with Crippen molar-refractivity contribution in [2.75, 3.05) is 20.6 Å². The minimum absolute atomic E-state index is 0.0486. The Hall–Kier alpha value is -3.34. The molecule has 1 aliphatic carbocycles. The molecule has 0 saturated heterocycles. The van der Waals surface area contributed by atoms with Gasteiger partial charge in [0.25, 0.3) is 0 Å². The van der Waals surface area contributed by atoms with Crippen molar-refractivity contribution in [1.29, 1.82) is 0 Å². The zero-order valence-electron chi connectivity index (χ0n) is 22.0. The van der Waals surface area contributed by atoms with Gasteiger partial charge in [-0.2, -0.15) is 0 Å². The van der Waals surface area contributed by atoms with E-state index in [1.54, 1.807) is 19.0 Å². The average molecular weight is 475 g/mol. The van der Waals surface area contributed by atoms with E-state index in [2.05, 4.69) is 66.8 Å². The number of carbonyl (C=O) groups excluding carboxylic acids is 2. The number of carbonyl (C=O) groups is 2. The van der Waals surface area contributed by atoms with Gasteiger partial charge in [0.15, 0.2) is 0 Å². The van der Waals surface area contributed by atoms with Crippen LogP contribution < -0.4 is 0 Å². The van der Waals surface area contributed by atoms with Crippen LogP contribution in [0.5, 0.6) is 0 Å². The molecule has 186 valence electrons. The minimum Gasteiger partial charge on any atom is -0.444 e.